The van der Waals surface area contributed by atoms with Crippen molar-refractivity contribution in [2.24, 2.45) is 0 Å². The topological polar surface area (TPSA) is 49.3 Å². The van der Waals surface area contributed by atoms with Gasteiger partial charge in [-0.2, -0.15) is 0 Å². The highest BCUT2D eigenvalue weighted by atomic mass is 35.5. The minimum Gasteiger partial charge on any atom is -0.481 e. The first-order valence-electron chi connectivity index (χ1n) is 5.49. The van der Waals surface area contributed by atoms with E-state index in [1.165, 1.54) is 11.3 Å². The number of carboxylic acids is 1. The molecule has 0 spiro atoms. The fourth-order valence-electron chi connectivity index (χ4n) is 1.70. The van der Waals surface area contributed by atoms with E-state index in [1.54, 1.807) is 18.2 Å². The molecule has 2 rings (SSSR count). The van der Waals surface area contributed by atoms with Crippen LogP contribution in [0.3, 0.4) is 0 Å². The summed E-state index contributed by atoms with van der Waals surface area (Å²) < 4.78 is 0. The number of aliphatic carboxylic acids is 1. The van der Waals surface area contributed by atoms with E-state index >= 15 is 0 Å². The summed E-state index contributed by atoms with van der Waals surface area (Å²) in [5.41, 5.74) is 2.20. The first-order chi connectivity index (χ1) is 8.99. The first kappa shape index (κ1) is 14.2. The smallest absolute Gasteiger partial charge is 0.307 e. The number of hydrogen-bond donors (Lipinski definition) is 2. The summed E-state index contributed by atoms with van der Waals surface area (Å²) in [5.74, 6) is -0.863. The third-order valence-electron chi connectivity index (χ3n) is 2.60. The standard InChI is InChI=1S/C13H11Cl2NO2S/c1-7-13(8(6-19-7)5-11(17)18)16-10-4-2-3-9(14)12(10)15/h2-4,6,16H,5H2,1H3,(H,17,18). The molecular weight excluding hydrogens is 305 g/mol. The largest absolute Gasteiger partial charge is 0.481 e. The minimum atomic E-state index is -0.863. The number of hydrogen-bond acceptors (Lipinski definition) is 3. The van der Waals surface area contributed by atoms with Gasteiger partial charge in [0.05, 0.1) is 27.8 Å². The molecular formula is C13H11Cl2NO2S. The van der Waals surface area contributed by atoms with Gasteiger partial charge in [-0.1, -0.05) is 29.3 Å². The quantitative estimate of drug-likeness (QED) is 0.857. The van der Waals surface area contributed by atoms with Crippen molar-refractivity contribution in [2.45, 2.75) is 13.3 Å². The van der Waals surface area contributed by atoms with Crippen molar-refractivity contribution >= 4 is 51.9 Å². The molecule has 100 valence electrons. The summed E-state index contributed by atoms with van der Waals surface area (Å²) in [4.78, 5) is 11.8. The van der Waals surface area contributed by atoms with E-state index in [9.17, 15) is 4.79 Å². The molecule has 0 fully saturated rings. The van der Waals surface area contributed by atoms with Gasteiger partial charge < -0.3 is 10.4 Å². The Morgan fingerprint density at radius 2 is 2.16 bits per heavy atom. The van der Waals surface area contributed by atoms with Crippen LogP contribution in [0.1, 0.15) is 10.4 Å². The third kappa shape index (κ3) is 3.21. The maximum Gasteiger partial charge on any atom is 0.307 e. The number of thiophene rings is 1. The number of rotatable bonds is 4. The van der Waals surface area contributed by atoms with Crippen LogP contribution < -0.4 is 5.32 Å². The Kier molecular flexibility index (Phi) is 4.34. The maximum atomic E-state index is 10.8. The van der Waals surface area contributed by atoms with Crippen LogP contribution in [0, 0.1) is 6.92 Å². The molecule has 0 unspecified atom stereocenters. The van der Waals surface area contributed by atoms with Gasteiger partial charge in [0.2, 0.25) is 0 Å². The fourth-order valence-corrected chi connectivity index (χ4v) is 2.87. The van der Waals surface area contributed by atoms with Crippen molar-refractivity contribution in [3.8, 4) is 0 Å². The second-order valence-corrected chi connectivity index (χ2v) is 5.86. The van der Waals surface area contributed by atoms with Crippen molar-refractivity contribution in [1.82, 2.24) is 0 Å². The molecule has 2 N–H and O–H groups in total. The minimum absolute atomic E-state index is 0.0230. The number of aryl methyl sites for hydroxylation is 1. The van der Waals surface area contributed by atoms with Gasteiger partial charge in [-0.25, -0.2) is 0 Å². The van der Waals surface area contributed by atoms with Crippen LogP contribution in [0.15, 0.2) is 23.6 Å². The van der Waals surface area contributed by atoms with E-state index in [-0.39, 0.29) is 6.42 Å². The van der Waals surface area contributed by atoms with E-state index < -0.39 is 5.97 Å². The van der Waals surface area contributed by atoms with Crippen molar-refractivity contribution in [3.63, 3.8) is 0 Å². The number of anilines is 2. The molecule has 0 saturated heterocycles. The van der Waals surface area contributed by atoms with Crippen molar-refractivity contribution in [1.29, 1.82) is 0 Å². The zero-order valence-electron chi connectivity index (χ0n) is 10.0. The fraction of sp³-hybridized carbons (Fsp3) is 0.154. The Labute approximate surface area is 124 Å². The molecule has 3 nitrogen and oxygen atoms in total. The van der Waals surface area contributed by atoms with Gasteiger partial charge in [0.15, 0.2) is 0 Å². The predicted octanol–water partition coefficient (Wildman–Crippen LogP) is 4.73. The SMILES string of the molecule is Cc1scc(CC(=O)O)c1Nc1cccc(Cl)c1Cl. The molecule has 1 aromatic carbocycles. The van der Waals surface area contributed by atoms with Crippen LogP contribution in [-0.4, -0.2) is 11.1 Å². The molecule has 1 heterocycles. The van der Waals surface area contributed by atoms with Gasteiger partial charge in [-0.05, 0) is 30.0 Å². The van der Waals surface area contributed by atoms with E-state index in [1.807, 2.05) is 12.3 Å². The summed E-state index contributed by atoms with van der Waals surface area (Å²) in [6.07, 6.45) is -0.0230. The molecule has 1 aromatic heterocycles. The number of carboxylic acid groups (broad SMARTS) is 1. The zero-order chi connectivity index (χ0) is 14.0. The molecule has 6 heteroatoms. The molecule has 0 radical (unpaired) electrons. The van der Waals surface area contributed by atoms with Gasteiger partial charge in [0.25, 0.3) is 0 Å². The van der Waals surface area contributed by atoms with Crippen molar-refractivity contribution < 1.29 is 9.90 Å². The Morgan fingerprint density at radius 1 is 1.42 bits per heavy atom. The van der Waals surface area contributed by atoms with E-state index in [2.05, 4.69) is 5.32 Å². The summed E-state index contributed by atoms with van der Waals surface area (Å²) in [5, 5.41) is 14.8. The maximum absolute atomic E-state index is 10.8. The van der Waals surface area contributed by atoms with Crippen LogP contribution in [-0.2, 0) is 11.2 Å². The average molecular weight is 316 g/mol. The zero-order valence-corrected chi connectivity index (χ0v) is 12.4. The van der Waals surface area contributed by atoms with Crippen LogP contribution in [0.4, 0.5) is 11.4 Å². The molecule has 0 amide bonds. The lowest BCUT2D eigenvalue weighted by Crippen LogP contribution is -2.02. The normalized spacial score (nSPS) is 10.5. The third-order valence-corrected chi connectivity index (χ3v) is 4.38. The van der Waals surface area contributed by atoms with Crippen molar-refractivity contribution in [3.05, 3.63) is 44.1 Å². The summed E-state index contributed by atoms with van der Waals surface area (Å²) in [7, 11) is 0. The monoisotopic (exact) mass is 315 g/mol. The van der Waals surface area contributed by atoms with Gasteiger partial charge in [0.1, 0.15) is 0 Å². The Hall–Kier alpha value is -1.23. The van der Waals surface area contributed by atoms with E-state index in [0.717, 1.165) is 16.1 Å². The van der Waals surface area contributed by atoms with Gasteiger partial charge >= 0.3 is 5.97 Å². The molecule has 0 aliphatic carbocycles. The highest BCUT2D eigenvalue weighted by Crippen LogP contribution is 2.36. The van der Waals surface area contributed by atoms with E-state index in [4.69, 9.17) is 28.3 Å². The number of nitrogens with one attached hydrogen (secondary N) is 1. The van der Waals surface area contributed by atoms with Gasteiger partial charge in [-0.3, -0.25) is 4.79 Å². The summed E-state index contributed by atoms with van der Waals surface area (Å²) in [6.45, 7) is 1.93. The van der Waals surface area contributed by atoms with E-state index in [0.29, 0.717) is 15.7 Å². The predicted molar refractivity (Wildman–Crippen MR) is 80.1 cm³/mol. The van der Waals surface area contributed by atoms with Crippen molar-refractivity contribution in [2.75, 3.05) is 5.32 Å². The lowest BCUT2D eigenvalue weighted by Gasteiger charge is -2.11. The Bertz CT molecular complexity index is 625. The molecule has 0 bridgehead atoms. The second-order valence-electron chi connectivity index (χ2n) is 3.99. The average Bonchev–Trinajstić information content (AvgIpc) is 2.67. The number of benzene rings is 1. The Morgan fingerprint density at radius 3 is 2.84 bits per heavy atom. The highest BCUT2D eigenvalue weighted by molar-refractivity contribution is 7.10. The van der Waals surface area contributed by atoms with Crippen LogP contribution in [0.25, 0.3) is 0 Å². The second kappa shape index (κ2) is 5.82. The van der Waals surface area contributed by atoms with Crippen LogP contribution in [0.5, 0.6) is 0 Å². The van der Waals surface area contributed by atoms with Gasteiger partial charge in [-0.15, -0.1) is 11.3 Å². The van der Waals surface area contributed by atoms with Gasteiger partial charge in [0, 0.05) is 4.88 Å². The number of carbonyl (C=O) groups is 1. The lowest BCUT2D eigenvalue weighted by molar-refractivity contribution is -0.136. The molecule has 0 atom stereocenters. The summed E-state index contributed by atoms with van der Waals surface area (Å²) >= 11 is 13.6. The summed E-state index contributed by atoms with van der Waals surface area (Å²) in [6, 6.07) is 5.29. The first-order valence-corrected chi connectivity index (χ1v) is 7.12. The molecule has 19 heavy (non-hydrogen) atoms. The molecule has 0 saturated carbocycles. The molecule has 2 aromatic rings. The highest BCUT2D eigenvalue weighted by Gasteiger charge is 2.13. The van der Waals surface area contributed by atoms with Crippen LogP contribution >= 0.6 is 34.5 Å². The molecule has 0 aliphatic rings. The molecule has 0 aliphatic heterocycles. The van der Waals surface area contributed by atoms with Crippen LogP contribution in [0.2, 0.25) is 10.0 Å². The number of halogens is 2. The Balaban J connectivity index is 2.35. The lowest BCUT2D eigenvalue weighted by atomic mass is 10.2.